The molecule has 3 nitrogen and oxygen atoms in total. The zero-order chi connectivity index (χ0) is 12.3. The maximum absolute atomic E-state index is 10.3. The normalized spacial score (nSPS) is 23.9. The van der Waals surface area contributed by atoms with E-state index in [4.69, 9.17) is 4.74 Å². The Bertz CT molecular complexity index is 384. The number of β-amino-alcohol motifs (C(OH)–C–C–N with tert-alkyl or cyclic N) is 1. The first-order chi connectivity index (χ1) is 8.13. The van der Waals surface area contributed by atoms with Crippen molar-refractivity contribution in [3.8, 4) is 5.75 Å². The van der Waals surface area contributed by atoms with Crippen LogP contribution < -0.4 is 10.1 Å². The maximum atomic E-state index is 10.3. The number of hydrogen-bond donors (Lipinski definition) is 2. The van der Waals surface area contributed by atoms with Crippen molar-refractivity contribution < 1.29 is 9.84 Å². The number of rotatable bonds is 4. The van der Waals surface area contributed by atoms with Gasteiger partial charge >= 0.3 is 0 Å². The summed E-state index contributed by atoms with van der Waals surface area (Å²) < 4.78 is 5.46. The molecule has 1 aliphatic rings. The summed E-state index contributed by atoms with van der Waals surface area (Å²) in [7, 11) is 0. The van der Waals surface area contributed by atoms with Gasteiger partial charge < -0.3 is 15.2 Å². The molecule has 0 bridgehead atoms. The molecule has 3 heteroatoms. The van der Waals surface area contributed by atoms with Gasteiger partial charge in [-0.15, -0.1) is 0 Å². The summed E-state index contributed by atoms with van der Waals surface area (Å²) >= 11 is 0. The van der Waals surface area contributed by atoms with Crippen LogP contribution in [0.4, 0.5) is 0 Å². The monoisotopic (exact) mass is 235 g/mol. The molecular weight excluding hydrogens is 214 g/mol. The zero-order valence-electron chi connectivity index (χ0n) is 10.6. The quantitative estimate of drug-likeness (QED) is 0.834. The number of nitrogens with one attached hydrogen (secondary N) is 1. The second kappa shape index (κ2) is 5.07. The Hall–Kier alpha value is -1.06. The van der Waals surface area contributed by atoms with Crippen molar-refractivity contribution in [2.24, 2.45) is 0 Å². The summed E-state index contributed by atoms with van der Waals surface area (Å²) in [5.74, 6) is 0.908. The number of benzene rings is 1. The maximum Gasteiger partial charge on any atom is 0.119 e. The first-order valence-electron chi connectivity index (χ1n) is 6.28. The Kier molecular flexibility index (Phi) is 3.69. The summed E-state index contributed by atoms with van der Waals surface area (Å²) in [6, 6.07) is 6.10. The highest BCUT2D eigenvalue weighted by Gasteiger charge is 2.31. The van der Waals surface area contributed by atoms with Crippen LogP contribution in [0.5, 0.6) is 5.75 Å². The molecule has 1 fully saturated rings. The SMILES string of the molecule is CCOc1ccc(CC2(O)CCNC2)c(C)c1. The van der Waals surface area contributed by atoms with Gasteiger partial charge in [0, 0.05) is 13.0 Å². The summed E-state index contributed by atoms with van der Waals surface area (Å²) in [5, 5.41) is 13.6. The third kappa shape index (κ3) is 2.99. The van der Waals surface area contributed by atoms with Gasteiger partial charge in [0.1, 0.15) is 5.75 Å². The van der Waals surface area contributed by atoms with Crippen molar-refractivity contribution in [1.29, 1.82) is 0 Å². The molecule has 94 valence electrons. The highest BCUT2D eigenvalue weighted by molar-refractivity contribution is 5.35. The first kappa shape index (κ1) is 12.4. The fourth-order valence-electron chi connectivity index (χ4n) is 2.36. The molecule has 0 aromatic heterocycles. The van der Waals surface area contributed by atoms with Crippen LogP contribution in [0.2, 0.25) is 0 Å². The molecule has 1 atom stereocenters. The van der Waals surface area contributed by atoms with Crippen molar-refractivity contribution >= 4 is 0 Å². The van der Waals surface area contributed by atoms with E-state index in [0.717, 1.165) is 25.1 Å². The van der Waals surface area contributed by atoms with Gasteiger partial charge in [0.05, 0.1) is 12.2 Å². The number of ether oxygens (including phenoxy) is 1. The molecule has 1 aromatic carbocycles. The Morgan fingerprint density at radius 1 is 1.47 bits per heavy atom. The van der Waals surface area contributed by atoms with Crippen LogP contribution in [-0.4, -0.2) is 30.4 Å². The average Bonchev–Trinajstić information content (AvgIpc) is 2.70. The Morgan fingerprint density at radius 3 is 2.88 bits per heavy atom. The molecule has 0 spiro atoms. The molecule has 2 rings (SSSR count). The highest BCUT2D eigenvalue weighted by atomic mass is 16.5. The second-order valence-corrected chi connectivity index (χ2v) is 4.85. The van der Waals surface area contributed by atoms with E-state index in [9.17, 15) is 5.11 Å². The van der Waals surface area contributed by atoms with Gasteiger partial charge in [0.15, 0.2) is 0 Å². The lowest BCUT2D eigenvalue weighted by Crippen LogP contribution is -2.34. The molecule has 0 aliphatic carbocycles. The van der Waals surface area contributed by atoms with Crippen LogP contribution in [0.3, 0.4) is 0 Å². The second-order valence-electron chi connectivity index (χ2n) is 4.85. The van der Waals surface area contributed by atoms with Gasteiger partial charge in [-0.1, -0.05) is 6.07 Å². The smallest absolute Gasteiger partial charge is 0.119 e. The number of aryl methyl sites for hydroxylation is 1. The van der Waals surface area contributed by atoms with Crippen LogP contribution in [0.1, 0.15) is 24.5 Å². The van der Waals surface area contributed by atoms with Crippen LogP contribution in [-0.2, 0) is 6.42 Å². The van der Waals surface area contributed by atoms with Gasteiger partial charge in [0.2, 0.25) is 0 Å². The Labute approximate surface area is 103 Å². The number of aliphatic hydroxyl groups is 1. The predicted molar refractivity (Wildman–Crippen MR) is 68.5 cm³/mol. The molecule has 0 radical (unpaired) electrons. The first-order valence-corrected chi connectivity index (χ1v) is 6.28. The standard InChI is InChI=1S/C14H21NO2/c1-3-17-13-5-4-12(11(2)8-13)9-14(16)6-7-15-10-14/h4-5,8,15-16H,3,6-7,9-10H2,1-2H3. The van der Waals surface area contributed by atoms with E-state index in [1.165, 1.54) is 11.1 Å². The molecule has 0 amide bonds. The molecular formula is C14H21NO2. The summed E-state index contributed by atoms with van der Waals surface area (Å²) in [6.07, 6.45) is 1.55. The van der Waals surface area contributed by atoms with Gasteiger partial charge in [-0.2, -0.15) is 0 Å². The van der Waals surface area contributed by atoms with E-state index in [1.54, 1.807) is 0 Å². The van der Waals surface area contributed by atoms with E-state index < -0.39 is 5.60 Å². The van der Waals surface area contributed by atoms with Crippen LogP contribution in [0.25, 0.3) is 0 Å². The fourth-order valence-corrected chi connectivity index (χ4v) is 2.36. The molecule has 1 heterocycles. The van der Waals surface area contributed by atoms with Crippen molar-refractivity contribution in [3.63, 3.8) is 0 Å². The Morgan fingerprint density at radius 2 is 2.29 bits per heavy atom. The van der Waals surface area contributed by atoms with Crippen molar-refractivity contribution in [2.75, 3.05) is 19.7 Å². The van der Waals surface area contributed by atoms with Crippen molar-refractivity contribution in [1.82, 2.24) is 5.32 Å². The van der Waals surface area contributed by atoms with E-state index in [2.05, 4.69) is 18.3 Å². The average molecular weight is 235 g/mol. The molecule has 1 unspecified atom stereocenters. The van der Waals surface area contributed by atoms with E-state index in [-0.39, 0.29) is 0 Å². The minimum atomic E-state index is -0.572. The van der Waals surface area contributed by atoms with Gasteiger partial charge in [0.25, 0.3) is 0 Å². The topological polar surface area (TPSA) is 41.5 Å². The van der Waals surface area contributed by atoms with Crippen molar-refractivity contribution in [2.45, 2.75) is 32.3 Å². The van der Waals surface area contributed by atoms with Crippen molar-refractivity contribution in [3.05, 3.63) is 29.3 Å². The van der Waals surface area contributed by atoms with E-state index >= 15 is 0 Å². The van der Waals surface area contributed by atoms with Gasteiger partial charge in [-0.3, -0.25) is 0 Å². The van der Waals surface area contributed by atoms with Crippen LogP contribution in [0, 0.1) is 6.92 Å². The third-order valence-corrected chi connectivity index (χ3v) is 3.37. The third-order valence-electron chi connectivity index (χ3n) is 3.37. The van der Waals surface area contributed by atoms with E-state index in [0.29, 0.717) is 13.2 Å². The van der Waals surface area contributed by atoms with Gasteiger partial charge in [-0.25, -0.2) is 0 Å². The lowest BCUT2D eigenvalue weighted by atomic mass is 9.91. The molecule has 0 saturated carbocycles. The minimum absolute atomic E-state index is 0.572. The van der Waals surface area contributed by atoms with Crippen LogP contribution >= 0.6 is 0 Å². The lowest BCUT2D eigenvalue weighted by molar-refractivity contribution is 0.0617. The minimum Gasteiger partial charge on any atom is -0.494 e. The number of hydrogen-bond acceptors (Lipinski definition) is 3. The zero-order valence-corrected chi connectivity index (χ0v) is 10.6. The molecule has 2 N–H and O–H groups in total. The predicted octanol–water partition coefficient (Wildman–Crippen LogP) is 1.66. The fraction of sp³-hybridized carbons (Fsp3) is 0.571. The van der Waals surface area contributed by atoms with Gasteiger partial charge in [-0.05, 0) is 50.1 Å². The van der Waals surface area contributed by atoms with E-state index in [1.807, 2.05) is 19.1 Å². The molecule has 1 aliphatic heterocycles. The summed E-state index contributed by atoms with van der Waals surface area (Å²) in [6.45, 7) is 6.35. The molecule has 17 heavy (non-hydrogen) atoms. The lowest BCUT2D eigenvalue weighted by Gasteiger charge is -2.22. The molecule has 1 saturated heterocycles. The molecule has 1 aromatic rings. The van der Waals surface area contributed by atoms with Crippen LogP contribution in [0.15, 0.2) is 18.2 Å². The Balaban J connectivity index is 2.10. The summed E-state index contributed by atoms with van der Waals surface area (Å²) in [5.41, 5.74) is 1.83. The largest absolute Gasteiger partial charge is 0.494 e. The highest BCUT2D eigenvalue weighted by Crippen LogP contribution is 2.24. The summed E-state index contributed by atoms with van der Waals surface area (Å²) in [4.78, 5) is 0.